The molecule has 2 N–H and O–H groups in total. The third-order valence-electron chi connectivity index (χ3n) is 3.04. The molecule has 4 nitrogen and oxygen atoms in total. The first-order chi connectivity index (χ1) is 9.17. The van der Waals surface area contributed by atoms with Crippen LogP contribution in [0, 0.1) is 6.92 Å². The van der Waals surface area contributed by atoms with Crippen LogP contribution >= 0.6 is 0 Å². The molecule has 100 valence electrons. The zero-order valence-electron chi connectivity index (χ0n) is 11.6. The molecule has 0 bridgehead atoms. The van der Waals surface area contributed by atoms with Gasteiger partial charge in [0.15, 0.2) is 0 Å². The van der Waals surface area contributed by atoms with Crippen LogP contribution in [0.5, 0.6) is 5.75 Å². The summed E-state index contributed by atoms with van der Waals surface area (Å²) in [6.45, 7) is 4.41. The lowest BCUT2D eigenvalue weighted by Gasteiger charge is -2.10. The highest BCUT2D eigenvalue weighted by molar-refractivity contribution is 5.62. The van der Waals surface area contributed by atoms with Gasteiger partial charge in [0.2, 0.25) is 0 Å². The van der Waals surface area contributed by atoms with Crippen LogP contribution in [0.15, 0.2) is 24.3 Å². The maximum Gasteiger partial charge on any atom is 0.142 e. The van der Waals surface area contributed by atoms with Crippen LogP contribution < -0.4 is 10.5 Å². The number of benzene rings is 1. The Kier molecular flexibility index (Phi) is 4.12. The van der Waals surface area contributed by atoms with Crippen LogP contribution in [0.3, 0.4) is 0 Å². The fourth-order valence-corrected chi connectivity index (χ4v) is 2.08. The lowest BCUT2D eigenvalue weighted by atomic mass is 10.0. The van der Waals surface area contributed by atoms with Gasteiger partial charge in [-0.1, -0.05) is 6.92 Å². The first-order valence-corrected chi connectivity index (χ1v) is 6.39. The topological polar surface area (TPSA) is 61.0 Å². The van der Waals surface area contributed by atoms with Crippen molar-refractivity contribution in [3.05, 3.63) is 41.3 Å². The molecule has 2 rings (SSSR count). The molecule has 0 fully saturated rings. The van der Waals surface area contributed by atoms with Crippen molar-refractivity contribution in [2.75, 3.05) is 7.11 Å². The average Bonchev–Trinajstić information content (AvgIpc) is 2.45. The number of ether oxygens (including phenoxy) is 1. The van der Waals surface area contributed by atoms with Crippen LogP contribution in [-0.2, 0) is 13.0 Å². The van der Waals surface area contributed by atoms with E-state index in [1.807, 2.05) is 25.1 Å². The van der Waals surface area contributed by atoms with Crippen molar-refractivity contribution in [3.63, 3.8) is 0 Å². The smallest absolute Gasteiger partial charge is 0.142 e. The highest BCUT2D eigenvalue weighted by Gasteiger charge is 2.07. The van der Waals surface area contributed by atoms with Gasteiger partial charge in [0.25, 0.3) is 0 Å². The molecule has 0 aliphatic rings. The van der Waals surface area contributed by atoms with Crippen molar-refractivity contribution in [1.82, 2.24) is 9.97 Å². The lowest BCUT2D eigenvalue weighted by Crippen LogP contribution is -2.05. The number of nitrogens with zero attached hydrogens (tertiary/aromatic N) is 2. The molecular formula is C15H19N3O. The van der Waals surface area contributed by atoms with E-state index in [-0.39, 0.29) is 0 Å². The molecule has 1 heterocycles. The van der Waals surface area contributed by atoms with E-state index >= 15 is 0 Å². The molecule has 0 radical (unpaired) electrons. The highest BCUT2D eigenvalue weighted by Crippen LogP contribution is 2.26. The van der Waals surface area contributed by atoms with E-state index in [4.69, 9.17) is 10.5 Å². The molecule has 4 heteroatoms. The maximum absolute atomic E-state index is 5.62. The normalized spacial score (nSPS) is 10.5. The fourth-order valence-electron chi connectivity index (χ4n) is 2.08. The quantitative estimate of drug-likeness (QED) is 0.914. The second-order valence-electron chi connectivity index (χ2n) is 4.40. The number of hydrogen-bond donors (Lipinski definition) is 1. The second-order valence-corrected chi connectivity index (χ2v) is 4.40. The number of nitrogens with two attached hydrogens (primary N) is 1. The van der Waals surface area contributed by atoms with Gasteiger partial charge in [-0.25, -0.2) is 9.97 Å². The summed E-state index contributed by atoms with van der Waals surface area (Å²) in [5.74, 6) is 1.58. The SMILES string of the molecule is CCc1cc(-c2cc(C)nc(CN)n2)ccc1OC. The van der Waals surface area contributed by atoms with Crippen LogP contribution in [-0.4, -0.2) is 17.1 Å². The minimum atomic E-state index is 0.353. The highest BCUT2D eigenvalue weighted by atomic mass is 16.5. The van der Waals surface area contributed by atoms with Gasteiger partial charge >= 0.3 is 0 Å². The third kappa shape index (κ3) is 2.90. The minimum Gasteiger partial charge on any atom is -0.496 e. The van der Waals surface area contributed by atoms with Gasteiger partial charge < -0.3 is 10.5 Å². The monoisotopic (exact) mass is 257 g/mol. The summed E-state index contributed by atoms with van der Waals surface area (Å²) in [5.41, 5.74) is 9.70. The molecule has 2 aromatic rings. The van der Waals surface area contributed by atoms with Crippen molar-refractivity contribution < 1.29 is 4.74 Å². The van der Waals surface area contributed by atoms with Gasteiger partial charge in [0.1, 0.15) is 11.6 Å². The van der Waals surface area contributed by atoms with E-state index in [1.54, 1.807) is 7.11 Å². The Morgan fingerprint density at radius 3 is 2.63 bits per heavy atom. The summed E-state index contributed by atoms with van der Waals surface area (Å²) in [6, 6.07) is 8.08. The summed E-state index contributed by atoms with van der Waals surface area (Å²) in [5, 5.41) is 0. The van der Waals surface area contributed by atoms with Gasteiger partial charge in [0, 0.05) is 11.3 Å². The average molecular weight is 257 g/mol. The summed E-state index contributed by atoms with van der Waals surface area (Å²) in [6.07, 6.45) is 0.921. The Morgan fingerprint density at radius 2 is 2.00 bits per heavy atom. The summed E-state index contributed by atoms with van der Waals surface area (Å²) < 4.78 is 5.34. The van der Waals surface area contributed by atoms with E-state index in [2.05, 4.69) is 23.0 Å². The molecular weight excluding hydrogens is 238 g/mol. The van der Waals surface area contributed by atoms with Crippen molar-refractivity contribution in [3.8, 4) is 17.0 Å². The number of methoxy groups -OCH3 is 1. The molecule has 0 amide bonds. The molecule has 0 saturated carbocycles. The maximum atomic E-state index is 5.62. The molecule has 0 unspecified atom stereocenters. The Balaban J connectivity index is 2.49. The largest absolute Gasteiger partial charge is 0.496 e. The lowest BCUT2D eigenvalue weighted by molar-refractivity contribution is 0.410. The Labute approximate surface area is 113 Å². The number of hydrogen-bond acceptors (Lipinski definition) is 4. The molecule has 1 aromatic carbocycles. The first kappa shape index (κ1) is 13.5. The zero-order chi connectivity index (χ0) is 13.8. The van der Waals surface area contributed by atoms with Gasteiger partial charge in [-0.3, -0.25) is 0 Å². The standard InChI is InChI=1S/C15H19N3O/c1-4-11-8-12(5-6-14(11)19-3)13-7-10(2)17-15(9-16)18-13/h5-8H,4,9,16H2,1-3H3. The van der Waals surface area contributed by atoms with Crippen LogP contribution in [0.2, 0.25) is 0 Å². The molecule has 0 spiro atoms. The van der Waals surface area contributed by atoms with E-state index in [0.717, 1.165) is 29.1 Å². The second kappa shape index (κ2) is 5.80. The molecule has 0 aliphatic heterocycles. The van der Waals surface area contributed by atoms with Gasteiger partial charge in [-0.15, -0.1) is 0 Å². The molecule has 0 saturated heterocycles. The van der Waals surface area contributed by atoms with Crippen molar-refractivity contribution in [2.45, 2.75) is 26.8 Å². The predicted molar refractivity (Wildman–Crippen MR) is 76.0 cm³/mol. The van der Waals surface area contributed by atoms with Crippen LogP contribution in [0.1, 0.15) is 24.0 Å². The predicted octanol–water partition coefficient (Wildman–Crippen LogP) is 2.48. The van der Waals surface area contributed by atoms with Crippen molar-refractivity contribution in [1.29, 1.82) is 0 Å². The van der Waals surface area contributed by atoms with Crippen molar-refractivity contribution in [2.24, 2.45) is 5.73 Å². The van der Waals surface area contributed by atoms with Gasteiger partial charge in [-0.2, -0.15) is 0 Å². The fraction of sp³-hybridized carbons (Fsp3) is 0.333. The number of aryl methyl sites for hydroxylation is 2. The first-order valence-electron chi connectivity index (χ1n) is 6.39. The summed E-state index contributed by atoms with van der Waals surface area (Å²) in [7, 11) is 1.69. The number of aromatic nitrogens is 2. The van der Waals surface area contributed by atoms with Gasteiger partial charge in [0.05, 0.1) is 19.3 Å². The van der Waals surface area contributed by atoms with E-state index in [9.17, 15) is 0 Å². The molecule has 19 heavy (non-hydrogen) atoms. The van der Waals surface area contributed by atoms with E-state index in [1.165, 1.54) is 5.56 Å². The molecule has 0 atom stereocenters. The van der Waals surface area contributed by atoms with Crippen LogP contribution in [0.25, 0.3) is 11.3 Å². The Morgan fingerprint density at radius 1 is 1.21 bits per heavy atom. The van der Waals surface area contributed by atoms with E-state index < -0.39 is 0 Å². The summed E-state index contributed by atoms with van der Waals surface area (Å²) >= 11 is 0. The van der Waals surface area contributed by atoms with Gasteiger partial charge in [-0.05, 0) is 43.2 Å². The van der Waals surface area contributed by atoms with Crippen molar-refractivity contribution >= 4 is 0 Å². The summed E-state index contributed by atoms with van der Waals surface area (Å²) in [4.78, 5) is 8.77. The third-order valence-corrected chi connectivity index (χ3v) is 3.04. The Hall–Kier alpha value is -1.94. The van der Waals surface area contributed by atoms with E-state index in [0.29, 0.717) is 12.4 Å². The zero-order valence-corrected chi connectivity index (χ0v) is 11.6. The number of rotatable bonds is 4. The molecule has 0 aliphatic carbocycles. The minimum absolute atomic E-state index is 0.353. The molecule has 1 aromatic heterocycles. The van der Waals surface area contributed by atoms with Crippen LogP contribution in [0.4, 0.5) is 0 Å². The Bertz CT molecular complexity index is 582.